The smallest absolute Gasteiger partial charge is 0.305 e. The summed E-state index contributed by atoms with van der Waals surface area (Å²) in [6.07, 6.45) is 1.99. The molecule has 1 aromatic heterocycles. The van der Waals surface area contributed by atoms with Crippen molar-refractivity contribution in [2.75, 3.05) is 18.4 Å². The van der Waals surface area contributed by atoms with Crippen LogP contribution in [-0.2, 0) is 40.0 Å². The third-order valence-corrected chi connectivity index (χ3v) is 11.3. The predicted molar refractivity (Wildman–Crippen MR) is 237 cm³/mol. The highest BCUT2D eigenvalue weighted by molar-refractivity contribution is 6.06. The third-order valence-electron chi connectivity index (χ3n) is 11.3. The molecule has 2 heterocycles. The maximum absolute atomic E-state index is 14.0. The number of anilines is 1. The highest BCUT2D eigenvalue weighted by atomic mass is 16.4. The van der Waals surface area contributed by atoms with Crippen molar-refractivity contribution in [2.24, 2.45) is 23.3 Å². The zero-order valence-electron chi connectivity index (χ0n) is 36.4. The van der Waals surface area contributed by atoms with E-state index in [0.29, 0.717) is 29.7 Å². The van der Waals surface area contributed by atoms with Gasteiger partial charge in [0, 0.05) is 35.9 Å². The van der Waals surface area contributed by atoms with Crippen LogP contribution in [0, 0.1) is 17.2 Å². The number of nitrogens with one attached hydrogen (secondary N) is 7. The molecule has 1 saturated heterocycles. The van der Waals surface area contributed by atoms with E-state index in [1.807, 2.05) is 6.07 Å². The summed E-state index contributed by atoms with van der Waals surface area (Å²) in [4.78, 5) is 111. The minimum Gasteiger partial charge on any atom is -0.481 e. The van der Waals surface area contributed by atoms with Crippen LogP contribution in [0.2, 0.25) is 0 Å². The van der Waals surface area contributed by atoms with E-state index in [-0.39, 0.29) is 56.6 Å². The van der Waals surface area contributed by atoms with Gasteiger partial charge in [0.1, 0.15) is 30.2 Å². The average molecular weight is 886 g/mol. The largest absolute Gasteiger partial charge is 0.481 e. The Bertz CT molecular complexity index is 2200. The molecular formula is C44H59N11O9. The summed E-state index contributed by atoms with van der Waals surface area (Å²) in [7, 11) is 0. The van der Waals surface area contributed by atoms with Crippen LogP contribution in [0.3, 0.4) is 0 Å². The molecule has 0 saturated carbocycles. The second-order valence-corrected chi connectivity index (χ2v) is 16.0. The molecule has 20 nitrogen and oxygen atoms in total. The summed E-state index contributed by atoms with van der Waals surface area (Å²) >= 11 is 0. The van der Waals surface area contributed by atoms with Crippen LogP contribution in [0.15, 0.2) is 60.8 Å². The van der Waals surface area contributed by atoms with Crippen LogP contribution in [0.1, 0.15) is 82.1 Å². The lowest BCUT2D eigenvalue weighted by Crippen LogP contribution is -2.60. The molecule has 7 amide bonds. The predicted octanol–water partition coefficient (Wildman–Crippen LogP) is 0.885. The first-order valence-corrected chi connectivity index (χ1v) is 21.3. The number of hydrogen-bond acceptors (Lipinski definition) is 10. The second-order valence-electron chi connectivity index (χ2n) is 16.0. The van der Waals surface area contributed by atoms with Crippen LogP contribution >= 0.6 is 0 Å². The van der Waals surface area contributed by atoms with Crippen LogP contribution in [-0.4, -0.2) is 112 Å². The molecule has 2 aromatic carbocycles. The van der Waals surface area contributed by atoms with Gasteiger partial charge in [-0.3, -0.25) is 48.7 Å². The average Bonchev–Trinajstić information content (AvgIpc) is 3.60. The first-order chi connectivity index (χ1) is 30.4. The minimum absolute atomic E-state index is 0.0306. The Morgan fingerprint density at radius 1 is 0.891 bits per heavy atom. The lowest BCUT2D eigenvalue weighted by molar-refractivity contribution is -0.144. The van der Waals surface area contributed by atoms with Gasteiger partial charge < -0.3 is 53.4 Å². The summed E-state index contributed by atoms with van der Waals surface area (Å²) in [6.45, 7) is 7.27. The van der Waals surface area contributed by atoms with Crippen LogP contribution in [0.4, 0.5) is 5.69 Å². The van der Waals surface area contributed by atoms with E-state index in [1.165, 1.54) is 4.90 Å². The van der Waals surface area contributed by atoms with Gasteiger partial charge in [0.15, 0.2) is 5.96 Å². The number of benzene rings is 2. The molecule has 0 spiro atoms. The fourth-order valence-electron chi connectivity index (χ4n) is 7.29. The van der Waals surface area contributed by atoms with Gasteiger partial charge in [-0.05, 0) is 73.1 Å². The molecule has 1 fully saturated rings. The number of carboxylic acids is 1. The van der Waals surface area contributed by atoms with Crippen molar-refractivity contribution < 1.29 is 43.5 Å². The third kappa shape index (κ3) is 13.9. The first kappa shape index (κ1) is 49.5. The standard InChI is InChI=1S/C44H59N11O9/c1-5-24(3)36(38(45)59)54-40(61)31(10-8-19-49-44(46)47)52-41(62)33(23-35(57)58)53-42(63)37(25(4)6-2)55-20-17-32(43(55)64)51-34(56)21-26-11-14-29(15-12-26)50-39(60)28-13-16-30-27(22-28)9-7-18-48-30/h7,9,11-16,18,22,24-25,31-33,36-37H,5-6,8,10,17,19-21,23H2,1-4H3,(H2,45,59)(H,50,60)(H,51,56)(H,52,62)(H,53,63)(H,54,61)(H,57,58)(H4,46,47,49)/t24?,25-,31+,32?,33-,36?,37-/m0/s1. The monoisotopic (exact) mass is 885 g/mol. The van der Waals surface area contributed by atoms with Crippen LogP contribution in [0.25, 0.3) is 10.9 Å². The maximum atomic E-state index is 14.0. The number of carbonyl (C=O) groups excluding carboxylic acids is 7. The molecule has 20 heteroatoms. The van der Waals surface area contributed by atoms with Crippen molar-refractivity contribution in [3.8, 4) is 0 Å². The van der Waals surface area contributed by atoms with E-state index in [1.54, 1.807) is 82.4 Å². The molecule has 12 N–H and O–H groups in total. The zero-order valence-corrected chi connectivity index (χ0v) is 36.4. The van der Waals surface area contributed by atoms with Gasteiger partial charge in [-0.25, -0.2) is 0 Å². The summed E-state index contributed by atoms with van der Waals surface area (Å²) in [6, 6.07) is 9.35. The van der Waals surface area contributed by atoms with Crippen molar-refractivity contribution in [1.82, 2.24) is 36.5 Å². The van der Waals surface area contributed by atoms with E-state index in [4.69, 9.17) is 16.9 Å². The number of nitrogens with two attached hydrogens (primary N) is 2. The zero-order chi connectivity index (χ0) is 47.1. The summed E-state index contributed by atoms with van der Waals surface area (Å²) in [5.41, 5.74) is 13.2. The lowest BCUT2D eigenvalue weighted by Gasteiger charge is -2.33. The summed E-state index contributed by atoms with van der Waals surface area (Å²) < 4.78 is 0. The normalized spacial score (nSPS) is 16.3. The Hall–Kier alpha value is -7.12. The number of nitrogens with zero attached hydrogens (tertiary/aromatic N) is 2. The number of primary amides is 1. The molecule has 1 aliphatic heterocycles. The molecule has 7 atom stereocenters. The molecule has 4 rings (SSSR count). The number of fused-ring (bicyclic) bond motifs is 1. The van der Waals surface area contributed by atoms with Crippen molar-refractivity contribution >= 4 is 69.9 Å². The number of guanidine groups is 1. The fourth-order valence-corrected chi connectivity index (χ4v) is 7.29. The van der Waals surface area contributed by atoms with Gasteiger partial charge in [-0.2, -0.15) is 0 Å². The Kier molecular flexibility index (Phi) is 18.1. The number of amides is 7. The minimum atomic E-state index is -1.69. The molecule has 344 valence electrons. The van der Waals surface area contributed by atoms with E-state index in [9.17, 15) is 43.5 Å². The molecule has 0 aliphatic carbocycles. The fraction of sp³-hybridized carbons (Fsp3) is 0.455. The van der Waals surface area contributed by atoms with Crippen molar-refractivity contribution in [3.05, 3.63) is 71.9 Å². The number of hydrogen-bond donors (Lipinski definition) is 10. The van der Waals surface area contributed by atoms with Gasteiger partial charge in [-0.1, -0.05) is 58.7 Å². The van der Waals surface area contributed by atoms with E-state index >= 15 is 0 Å². The second kappa shape index (κ2) is 23.4. The lowest BCUT2D eigenvalue weighted by atomic mass is 9.96. The molecule has 64 heavy (non-hydrogen) atoms. The Morgan fingerprint density at radius 2 is 1.56 bits per heavy atom. The highest BCUT2D eigenvalue weighted by Crippen LogP contribution is 2.23. The Labute approximate surface area is 370 Å². The van der Waals surface area contributed by atoms with Crippen molar-refractivity contribution in [3.63, 3.8) is 0 Å². The Morgan fingerprint density at radius 3 is 2.20 bits per heavy atom. The maximum Gasteiger partial charge on any atom is 0.305 e. The van der Waals surface area contributed by atoms with Gasteiger partial charge in [-0.15, -0.1) is 0 Å². The number of pyridine rings is 1. The number of carboxylic acid groups (broad SMARTS) is 1. The van der Waals surface area contributed by atoms with Crippen molar-refractivity contribution in [1.29, 1.82) is 5.41 Å². The number of carbonyl (C=O) groups is 8. The van der Waals surface area contributed by atoms with E-state index in [2.05, 4.69) is 36.9 Å². The quantitative estimate of drug-likeness (QED) is 0.0361. The first-order valence-electron chi connectivity index (χ1n) is 21.3. The summed E-state index contributed by atoms with van der Waals surface area (Å²) in [5, 5.41) is 33.7. The molecule has 0 bridgehead atoms. The van der Waals surface area contributed by atoms with Gasteiger partial charge in [0.05, 0.1) is 18.4 Å². The van der Waals surface area contributed by atoms with Crippen LogP contribution < -0.4 is 43.4 Å². The van der Waals surface area contributed by atoms with Crippen molar-refractivity contribution in [2.45, 2.75) is 103 Å². The number of aromatic nitrogens is 1. The number of aliphatic carboxylic acids is 1. The molecule has 1 aliphatic rings. The van der Waals surface area contributed by atoms with Crippen LogP contribution in [0.5, 0.6) is 0 Å². The van der Waals surface area contributed by atoms with Gasteiger partial charge in [0.2, 0.25) is 35.4 Å². The van der Waals surface area contributed by atoms with E-state index in [0.717, 1.165) is 10.9 Å². The summed E-state index contributed by atoms with van der Waals surface area (Å²) in [5.74, 6) is -7.25. The molecular weight excluding hydrogens is 827 g/mol. The Balaban J connectivity index is 1.40. The molecule has 3 unspecified atom stereocenters. The number of rotatable bonds is 23. The van der Waals surface area contributed by atoms with E-state index < -0.39 is 84.0 Å². The molecule has 3 aromatic rings. The molecule has 0 radical (unpaired) electrons. The highest BCUT2D eigenvalue weighted by Gasteiger charge is 2.43. The topological polar surface area (TPSA) is 321 Å². The van der Waals surface area contributed by atoms with Gasteiger partial charge in [0.25, 0.3) is 5.91 Å². The SMILES string of the molecule is CCC(C)C(NC(=O)[C@@H](CCCNC(=N)N)NC(=O)[C@H](CC(=O)O)NC(=O)[C@H]([C@@H](C)CC)N1CCC(NC(=O)Cc2ccc(NC(=O)c3ccc4ncccc4c3)cc2)C1=O)C(N)=O. The van der Waals surface area contributed by atoms with Gasteiger partial charge >= 0.3 is 5.97 Å². The number of likely N-dealkylation sites (tertiary alicyclic amines) is 1.